The van der Waals surface area contributed by atoms with Crippen molar-refractivity contribution >= 4 is 0 Å². The lowest BCUT2D eigenvalue weighted by atomic mass is 10.1. The first-order chi connectivity index (χ1) is 10.3. The summed E-state index contributed by atoms with van der Waals surface area (Å²) >= 11 is 0. The minimum Gasteiger partial charge on any atom is -0.513 e. The summed E-state index contributed by atoms with van der Waals surface area (Å²) in [5, 5.41) is 8.97. The van der Waals surface area contributed by atoms with E-state index in [0.717, 1.165) is 12.8 Å². The van der Waals surface area contributed by atoms with Crippen molar-refractivity contribution in [1.82, 2.24) is 0 Å². The van der Waals surface area contributed by atoms with Crippen LogP contribution in [0.25, 0.3) is 0 Å². The Morgan fingerprint density at radius 1 is 0.714 bits per heavy atom. The molecule has 1 heteroatoms. The average Bonchev–Trinajstić information content (AvgIpc) is 2.46. The monoisotopic (exact) mass is 294 g/mol. The highest BCUT2D eigenvalue weighted by Crippen LogP contribution is 2.11. The van der Waals surface area contributed by atoms with Gasteiger partial charge in [-0.05, 0) is 32.1 Å². The molecule has 0 unspecified atom stereocenters. The van der Waals surface area contributed by atoms with Gasteiger partial charge in [0.1, 0.15) is 0 Å². The molecule has 0 saturated heterocycles. The van der Waals surface area contributed by atoms with Crippen molar-refractivity contribution < 1.29 is 5.11 Å². The molecule has 0 aliphatic heterocycles. The maximum atomic E-state index is 8.97. The normalized spacial score (nSPS) is 11.3. The lowest BCUT2D eigenvalue weighted by Gasteiger charge is -2.00. The Hall–Kier alpha value is -0.720. The van der Waals surface area contributed by atoms with E-state index in [4.69, 9.17) is 5.11 Å². The van der Waals surface area contributed by atoms with Gasteiger partial charge in [0, 0.05) is 6.42 Å². The smallest absolute Gasteiger partial charge is 0.0851 e. The lowest BCUT2D eigenvalue weighted by molar-refractivity contribution is 0.383. The van der Waals surface area contributed by atoms with Crippen LogP contribution in [0.3, 0.4) is 0 Å². The van der Waals surface area contributed by atoms with Crippen LogP contribution in [0.2, 0.25) is 0 Å². The second-order valence-corrected chi connectivity index (χ2v) is 6.25. The maximum Gasteiger partial charge on any atom is 0.0851 e. The van der Waals surface area contributed by atoms with Gasteiger partial charge in [-0.2, -0.15) is 0 Å². The molecule has 1 N–H and O–H groups in total. The third kappa shape index (κ3) is 19.3. The van der Waals surface area contributed by atoms with E-state index in [2.05, 4.69) is 25.7 Å². The van der Waals surface area contributed by atoms with Gasteiger partial charge in [0.2, 0.25) is 0 Å². The Balaban J connectivity index is 3.07. The van der Waals surface area contributed by atoms with E-state index < -0.39 is 0 Å². The molecule has 0 atom stereocenters. The van der Waals surface area contributed by atoms with Gasteiger partial charge in [0.15, 0.2) is 0 Å². The molecule has 0 bridgehead atoms. The van der Waals surface area contributed by atoms with Crippen molar-refractivity contribution in [3.8, 4) is 0 Å². The zero-order valence-corrected chi connectivity index (χ0v) is 14.4. The summed E-state index contributed by atoms with van der Waals surface area (Å²) in [6.07, 6.45) is 24.1. The van der Waals surface area contributed by atoms with Crippen molar-refractivity contribution in [2.75, 3.05) is 0 Å². The highest BCUT2D eigenvalue weighted by Gasteiger charge is 1.93. The molecule has 0 fully saturated rings. The highest BCUT2D eigenvalue weighted by molar-refractivity contribution is 4.81. The van der Waals surface area contributed by atoms with Gasteiger partial charge in [-0.3, -0.25) is 0 Å². The molecule has 0 aliphatic rings. The molecule has 0 rings (SSSR count). The van der Waals surface area contributed by atoms with Crippen molar-refractivity contribution in [3.05, 3.63) is 24.5 Å². The largest absolute Gasteiger partial charge is 0.513 e. The second kappa shape index (κ2) is 17.3. The molecule has 0 radical (unpaired) electrons. The molecule has 0 heterocycles. The number of hydrogen-bond donors (Lipinski definition) is 1. The highest BCUT2D eigenvalue weighted by atomic mass is 16.3. The minimum absolute atomic E-state index is 0.338. The maximum absolute atomic E-state index is 8.97. The summed E-state index contributed by atoms with van der Waals surface area (Å²) in [4.78, 5) is 0. The Bertz CT molecular complexity index is 242. The van der Waals surface area contributed by atoms with Crippen molar-refractivity contribution in [3.63, 3.8) is 0 Å². The Morgan fingerprint density at radius 2 is 1.14 bits per heavy atom. The van der Waals surface area contributed by atoms with Crippen molar-refractivity contribution in [2.24, 2.45) is 0 Å². The van der Waals surface area contributed by atoms with Gasteiger partial charge in [-0.15, -0.1) is 0 Å². The fourth-order valence-electron chi connectivity index (χ4n) is 2.58. The summed E-state index contributed by atoms with van der Waals surface area (Å²) in [6.45, 7) is 5.78. The molecule has 0 amide bonds. The second-order valence-electron chi connectivity index (χ2n) is 6.25. The zero-order valence-electron chi connectivity index (χ0n) is 14.4. The van der Waals surface area contributed by atoms with E-state index in [1.807, 2.05) is 0 Å². The molecule has 0 aromatic carbocycles. The summed E-state index contributed by atoms with van der Waals surface area (Å²) in [5.41, 5.74) is 0. The quantitative estimate of drug-likeness (QED) is 0.178. The number of aliphatic hydroxyl groups is 1. The van der Waals surface area contributed by atoms with Gasteiger partial charge in [-0.25, -0.2) is 0 Å². The number of aliphatic hydroxyl groups excluding tert-OH is 1. The fourth-order valence-corrected chi connectivity index (χ4v) is 2.58. The van der Waals surface area contributed by atoms with E-state index >= 15 is 0 Å². The molecule has 0 aromatic heterocycles. The third-order valence-corrected chi connectivity index (χ3v) is 3.98. The predicted molar refractivity (Wildman–Crippen MR) is 95.8 cm³/mol. The lowest BCUT2D eigenvalue weighted by Crippen LogP contribution is -1.82. The van der Waals surface area contributed by atoms with Crippen LogP contribution in [0.5, 0.6) is 0 Å². The van der Waals surface area contributed by atoms with Gasteiger partial charge in [-0.1, -0.05) is 83.4 Å². The van der Waals surface area contributed by atoms with Crippen LogP contribution >= 0.6 is 0 Å². The number of unbranched alkanes of at least 4 members (excludes halogenated alkanes) is 12. The van der Waals surface area contributed by atoms with Crippen LogP contribution in [-0.2, 0) is 0 Å². The van der Waals surface area contributed by atoms with Gasteiger partial charge >= 0.3 is 0 Å². The SMILES string of the molecule is C=C(O)CCCCCCCC/C=C\CCCCCCCC. The van der Waals surface area contributed by atoms with Crippen molar-refractivity contribution in [1.29, 1.82) is 0 Å². The standard InChI is InChI=1S/C20H38O/c1-3-4-5-6-7-8-9-10-11-12-13-14-15-16-17-18-19-20(2)21/h10-11,21H,2-9,12-19H2,1H3/b11-10-. The van der Waals surface area contributed by atoms with Crippen LogP contribution in [0.4, 0.5) is 0 Å². The van der Waals surface area contributed by atoms with Gasteiger partial charge < -0.3 is 5.11 Å². The molecule has 124 valence electrons. The van der Waals surface area contributed by atoms with Crippen LogP contribution in [-0.4, -0.2) is 5.11 Å². The molecular formula is C20H38O. The minimum atomic E-state index is 0.338. The van der Waals surface area contributed by atoms with E-state index in [-0.39, 0.29) is 0 Å². The number of allylic oxidation sites excluding steroid dienone is 3. The van der Waals surface area contributed by atoms with E-state index in [9.17, 15) is 0 Å². The van der Waals surface area contributed by atoms with Crippen LogP contribution in [0.15, 0.2) is 24.5 Å². The third-order valence-electron chi connectivity index (χ3n) is 3.98. The van der Waals surface area contributed by atoms with Crippen LogP contribution < -0.4 is 0 Å². The summed E-state index contributed by atoms with van der Waals surface area (Å²) in [5.74, 6) is 0.338. The predicted octanol–water partition coefficient (Wildman–Crippen LogP) is 7.49. The molecule has 1 nitrogen and oxygen atoms in total. The number of hydrogen-bond acceptors (Lipinski definition) is 1. The first-order valence-corrected chi connectivity index (χ1v) is 9.29. The average molecular weight is 295 g/mol. The van der Waals surface area contributed by atoms with Gasteiger partial charge in [0.05, 0.1) is 5.76 Å². The first kappa shape index (κ1) is 20.3. The zero-order chi connectivity index (χ0) is 15.6. The Labute approximate surface area is 133 Å². The first-order valence-electron chi connectivity index (χ1n) is 9.29. The number of rotatable bonds is 16. The molecule has 0 aromatic rings. The fraction of sp³-hybridized carbons (Fsp3) is 0.800. The van der Waals surface area contributed by atoms with Gasteiger partial charge in [0.25, 0.3) is 0 Å². The molecule has 0 saturated carbocycles. The Kier molecular flexibility index (Phi) is 16.7. The van der Waals surface area contributed by atoms with Crippen LogP contribution in [0, 0.1) is 0 Å². The summed E-state index contributed by atoms with van der Waals surface area (Å²) in [7, 11) is 0. The Morgan fingerprint density at radius 3 is 1.62 bits per heavy atom. The van der Waals surface area contributed by atoms with E-state index in [0.29, 0.717) is 5.76 Å². The van der Waals surface area contributed by atoms with Crippen LogP contribution in [0.1, 0.15) is 103 Å². The molecule has 0 spiro atoms. The van der Waals surface area contributed by atoms with E-state index in [1.165, 1.54) is 83.5 Å². The molecular weight excluding hydrogens is 256 g/mol. The van der Waals surface area contributed by atoms with Crippen molar-refractivity contribution in [2.45, 2.75) is 103 Å². The molecule has 21 heavy (non-hydrogen) atoms. The topological polar surface area (TPSA) is 20.2 Å². The van der Waals surface area contributed by atoms with E-state index in [1.54, 1.807) is 0 Å². The molecule has 0 aliphatic carbocycles. The summed E-state index contributed by atoms with van der Waals surface area (Å²) in [6, 6.07) is 0. The summed E-state index contributed by atoms with van der Waals surface area (Å²) < 4.78 is 0.